The SMILES string of the molecule is Clc1ccc(-c2cc(CSc3nncs3)on2)cc1. The first-order valence-electron chi connectivity index (χ1n) is 5.42. The molecule has 2 heterocycles. The molecule has 0 aliphatic heterocycles. The first kappa shape index (κ1) is 12.7. The van der Waals surface area contributed by atoms with Crippen LogP contribution in [0.3, 0.4) is 0 Å². The monoisotopic (exact) mass is 309 g/mol. The molecule has 3 aromatic rings. The predicted molar refractivity (Wildman–Crippen MR) is 76.4 cm³/mol. The summed E-state index contributed by atoms with van der Waals surface area (Å²) in [5.74, 6) is 1.50. The number of hydrogen-bond donors (Lipinski definition) is 0. The summed E-state index contributed by atoms with van der Waals surface area (Å²) in [6.07, 6.45) is 0. The van der Waals surface area contributed by atoms with Crippen molar-refractivity contribution in [3.63, 3.8) is 0 Å². The van der Waals surface area contributed by atoms with Crippen LogP contribution in [0.4, 0.5) is 0 Å². The molecule has 19 heavy (non-hydrogen) atoms. The lowest BCUT2D eigenvalue weighted by atomic mass is 10.1. The fourth-order valence-corrected chi connectivity index (χ4v) is 2.99. The van der Waals surface area contributed by atoms with E-state index in [-0.39, 0.29) is 0 Å². The molecule has 0 unspecified atom stereocenters. The molecule has 0 aliphatic rings. The predicted octanol–water partition coefficient (Wildman–Crippen LogP) is 4.14. The Bertz CT molecular complexity index is 652. The molecule has 4 nitrogen and oxygen atoms in total. The van der Waals surface area contributed by atoms with Crippen molar-refractivity contribution in [2.75, 3.05) is 0 Å². The second-order valence-electron chi connectivity index (χ2n) is 3.68. The first-order valence-corrected chi connectivity index (χ1v) is 7.66. The zero-order chi connectivity index (χ0) is 13.1. The fraction of sp³-hybridized carbons (Fsp3) is 0.0833. The second kappa shape index (κ2) is 5.73. The molecule has 0 aliphatic carbocycles. The number of halogens is 1. The highest BCUT2D eigenvalue weighted by Gasteiger charge is 2.08. The largest absolute Gasteiger partial charge is 0.360 e. The maximum absolute atomic E-state index is 5.85. The van der Waals surface area contributed by atoms with Crippen molar-refractivity contribution in [2.45, 2.75) is 10.1 Å². The highest BCUT2D eigenvalue weighted by molar-refractivity contribution is 8.00. The van der Waals surface area contributed by atoms with Crippen molar-refractivity contribution in [3.8, 4) is 11.3 Å². The van der Waals surface area contributed by atoms with Crippen LogP contribution in [0.25, 0.3) is 11.3 Å². The molecule has 0 spiro atoms. The summed E-state index contributed by atoms with van der Waals surface area (Å²) in [6.45, 7) is 0. The number of rotatable bonds is 4. The molecule has 0 atom stereocenters. The number of nitrogens with zero attached hydrogens (tertiary/aromatic N) is 3. The van der Waals surface area contributed by atoms with Crippen LogP contribution in [0.5, 0.6) is 0 Å². The Morgan fingerprint density at radius 2 is 2.11 bits per heavy atom. The van der Waals surface area contributed by atoms with E-state index in [9.17, 15) is 0 Å². The van der Waals surface area contributed by atoms with E-state index < -0.39 is 0 Å². The van der Waals surface area contributed by atoms with E-state index >= 15 is 0 Å². The maximum atomic E-state index is 5.85. The number of aromatic nitrogens is 3. The van der Waals surface area contributed by atoms with Crippen LogP contribution in [0, 0.1) is 0 Å². The van der Waals surface area contributed by atoms with Gasteiger partial charge >= 0.3 is 0 Å². The van der Waals surface area contributed by atoms with E-state index in [0.29, 0.717) is 10.8 Å². The summed E-state index contributed by atoms with van der Waals surface area (Å²) < 4.78 is 6.22. The van der Waals surface area contributed by atoms with Crippen molar-refractivity contribution in [1.29, 1.82) is 0 Å². The van der Waals surface area contributed by atoms with Crippen molar-refractivity contribution in [3.05, 3.63) is 46.6 Å². The van der Waals surface area contributed by atoms with Crippen LogP contribution in [0.15, 0.2) is 44.7 Å². The van der Waals surface area contributed by atoms with Gasteiger partial charge in [0.2, 0.25) is 0 Å². The first-order chi connectivity index (χ1) is 9.31. The van der Waals surface area contributed by atoms with E-state index in [1.54, 1.807) is 17.3 Å². The van der Waals surface area contributed by atoms with Crippen LogP contribution >= 0.6 is 34.7 Å². The quantitative estimate of drug-likeness (QED) is 0.678. The van der Waals surface area contributed by atoms with Gasteiger partial charge in [0.1, 0.15) is 17.0 Å². The van der Waals surface area contributed by atoms with Gasteiger partial charge in [-0.3, -0.25) is 0 Å². The van der Waals surface area contributed by atoms with Crippen molar-refractivity contribution < 1.29 is 4.52 Å². The fourth-order valence-electron chi connectivity index (χ4n) is 1.50. The lowest BCUT2D eigenvalue weighted by Crippen LogP contribution is -1.76. The van der Waals surface area contributed by atoms with Crippen molar-refractivity contribution in [1.82, 2.24) is 15.4 Å². The van der Waals surface area contributed by atoms with Gasteiger partial charge in [-0.15, -0.1) is 10.2 Å². The van der Waals surface area contributed by atoms with Gasteiger partial charge in [0.15, 0.2) is 4.34 Å². The molecule has 0 bridgehead atoms. The maximum Gasteiger partial charge on any atom is 0.174 e. The molecule has 0 saturated heterocycles. The Balaban J connectivity index is 1.70. The Morgan fingerprint density at radius 1 is 1.26 bits per heavy atom. The molecule has 0 fully saturated rings. The van der Waals surface area contributed by atoms with Crippen LogP contribution in [0.2, 0.25) is 5.02 Å². The third kappa shape index (κ3) is 3.15. The van der Waals surface area contributed by atoms with Gasteiger partial charge in [-0.25, -0.2) is 0 Å². The van der Waals surface area contributed by atoms with E-state index in [4.69, 9.17) is 16.1 Å². The molecule has 0 N–H and O–H groups in total. The van der Waals surface area contributed by atoms with Gasteiger partial charge in [0.25, 0.3) is 0 Å². The lowest BCUT2D eigenvalue weighted by molar-refractivity contribution is 0.397. The molecule has 0 saturated carbocycles. The third-order valence-electron chi connectivity index (χ3n) is 2.38. The lowest BCUT2D eigenvalue weighted by Gasteiger charge is -1.94. The highest BCUT2D eigenvalue weighted by Crippen LogP contribution is 2.26. The van der Waals surface area contributed by atoms with E-state index in [0.717, 1.165) is 21.4 Å². The smallest absolute Gasteiger partial charge is 0.174 e. The van der Waals surface area contributed by atoms with Gasteiger partial charge in [0.05, 0.1) is 5.75 Å². The number of thioether (sulfide) groups is 1. The van der Waals surface area contributed by atoms with Crippen LogP contribution in [-0.2, 0) is 5.75 Å². The Hall–Kier alpha value is -1.37. The van der Waals surface area contributed by atoms with Gasteiger partial charge in [-0.05, 0) is 12.1 Å². The van der Waals surface area contributed by atoms with Gasteiger partial charge in [0, 0.05) is 16.7 Å². The summed E-state index contributed by atoms with van der Waals surface area (Å²) >= 11 is 8.94. The minimum Gasteiger partial charge on any atom is -0.360 e. The molecule has 0 radical (unpaired) electrons. The Kier molecular flexibility index (Phi) is 3.82. The van der Waals surface area contributed by atoms with Crippen LogP contribution in [0.1, 0.15) is 5.76 Å². The van der Waals surface area contributed by atoms with Gasteiger partial charge in [-0.2, -0.15) is 0 Å². The summed E-state index contributed by atoms with van der Waals surface area (Å²) in [5, 5.41) is 12.5. The molecule has 3 rings (SSSR count). The molecular formula is C12H8ClN3OS2. The minimum absolute atomic E-state index is 0.690. The third-order valence-corrected chi connectivity index (χ3v) is 4.51. The molecule has 0 amide bonds. The summed E-state index contributed by atoms with van der Waals surface area (Å²) in [5.41, 5.74) is 3.51. The van der Waals surface area contributed by atoms with Gasteiger partial charge < -0.3 is 4.52 Å². The van der Waals surface area contributed by atoms with Crippen LogP contribution in [-0.4, -0.2) is 15.4 Å². The second-order valence-corrected chi connectivity index (χ2v) is 6.17. The van der Waals surface area contributed by atoms with E-state index in [2.05, 4.69) is 15.4 Å². The molecule has 1 aromatic carbocycles. The Labute approximate surface area is 122 Å². The minimum atomic E-state index is 0.690. The van der Waals surface area contributed by atoms with E-state index in [1.807, 2.05) is 30.3 Å². The summed E-state index contributed by atoms with van der Waals surface area (Å²) in [7, 11) is 0. The summed E-state index contributed by atoms with van der Waals surface area (Å²) in [6, 6.07) is 9.43. The normalized spacial score (nSPS) is 10.8. The van der Waals surface area contributed by atoms with Crippen molar-refractivity contribution >= 4 is 34.7 Å². The zero-order valence-corrected chi connectivity index (χ0v) is 12.0. The standard InChI is InChI=1S/C12H8ClN3OS2/c13-9-3-1-8(2-4-9)11-5-10(17-16-11)6-18-12-15-14-7-19-12/h1-5,7H,6H2. The van der Waals surface area contributed by atoms with E-state index in [1.165, 1.54) is 11.3 Å². The molecule has 7 heteroatoms. The van der Waals surface area contributed by atoms with Crippen LogP contribution < -0.4 is 0 Å². The summed E-state index contributed by atoms with van der Waals surface area (Å²) in [4.78, 5) is 0. The topological polar surface area (TPSA) is 51.8 Å². The molecule has 2 aromatic heterocycles. The number of hydrogen-bond acceptors (Lipinski definition) is 6. The Morgan fingerprint density at radius 3 is 2.84 bits per heavy atom. The molecule has 96 valence electrons. The number of benzene rings is 1. The average Bonchev–Trinajstić information content (AvgIpc) is 3.09. The van der Waals surface area contributed by atoms with Crippen molar-refractivity contribution in [2.24, 2.45) is 0 Å². The average molecular weight is 310 g/mol. The van der Waals surface area contributed by atoms with Gasteiger partial charge in [-0.1, -0.05) is 52.0 Å². The highest BCUT2D eigenvalue weighted by atomic mass is 35.5. The molecular weight excluding hydrogens is 302 g/mol. The zero-order valence-electron chi connectivity index (χ0n) is 9.62.